The molecule has 74 valence electrons. The Morgan fingerprint density at radius 3 is 2.77 bits per heavy atom. The largest absolute Gasteiger partial charge is 0.508 e. The van der Waals surface area contributed by atoms with Gasteiger partial charge in [-0.3, -0.25) is 0 Å². The van der Waals surface area contributed by atoms with Crippen LogP contribution in [0.5, 0.6) is 0 Å². The quantitative estimate of drug-likeness (QED) is 0.631. The SMILES string of the molecule is CCOC(=O)NC1COC(=O)OC1. The van der Waals surface area contributed by atoms with Gasteiger partial charge in [-0.2, -0.15) is 0 Å². The van der Waals surface area contributed by atoms with Gasteiger partial charge in [0.05, 0.1) is 6.61 Å². The van der Waals surface area contributed by atoms with Crippen LogP contribution in [-0.2, 0) is 14.2 Å². The zero-order valence-corrected chi connectivity index (χ0v) is 7.24. The van der Waals surface area contributed by atoms with Crippen LogP contribution in [0.4, 0.5) is 9.59 Å². The van der Waals surface area contributed by atoms with Crippen LogP contribution in [-0.4, -0.2) is 38.1 Å². The van der Waals surface area contributed by atoms with Gasteiger partial charge in [-0.25, -0.2) is 9.59 Å². The Labute approximate surface area is 75.1 Å². The van der Waals surface area contributed by atoms with Gasteiger partial charge in [-0.15, -0.1) is 0 Å². The Kier molecular flexibility index (Phi) is 3.36. The highest BCUT2D eigenvalue weighted by atomic mass is 16.7. The number of amides is 1. The number of hydrogen-bond donors (Lipinski definition) is 1. The molecule has 1 heterocycles. The van der Waals surface area contributed by atoms with Crippen molar-refractivity contribution in [3.05, 3.63) is 0 Å². The summed E-state index contributed by atoms with van der Waals surface area (Å²) in [5.74, 6) is 0. The van der Waals surface area contributed by atoms with Gasteiger partial charge in [0.15, 0.2) is 0 Å². The number of alkyl carbamates (subject to hydrolysis) is 1. The van der Waals surface area contributed by atoms with Crippen molar-refractivity contribution < 1.29 is 23.8 Å². The summed E-state index contributed by atoms with van der Waals surface area (Å²) in [7, 11) is 0. The van der Waals surface area contributed by atoms with Gasteiger partial charge < -0.3 is 19.5 Å². The van der Waals surface area contributed by atoms with Crippen LogP contribution in [0, 0.1) is 0 Å². The second-order valence-corrected chi connectivity index (χ2v) is 2.43. The fraction of sp³-hybridized carbons (Fsp3) is 0.714. The van der Waals surface area contributed by atoms with Gasteiger partial charge in [0.2, 0.25) is 0 Å². The second kappa shape index (κ2) is 4.54. The van der Waals surface area contributed by atoms with Crippen molar-refractivity contribution in [2.45, 2.75) is 13.0 Å². The molecule has 0 saturated carbocycles. The van der Waals surface area contributed by atoms with Gasteiger partial charge in [0.1, 0.15) is 19.3 Å². The maximum atomic E-state index is 10.9. The van der Waals surface area contributed by atoms with Crippen LogP contribution < -0.4 is 5.32 Å². The molecule has 1 fully saturated rings. The topological polar surface area (TPSA) is 73.9 Å². The molecule has 0 aromatic carbocycles. The van der Waals surface area contributed by atoms with E-state index in [1.807, 2.05) is 0 Å². The summed E-state index contributed by atoms with van der Waals surface area (Å²) in [6.07, 6.45) is -1.24. The van der Waals surface area contributed by atoms with Crippen LogP contribution in [0.1, 0.15) is 6.92 Å². The van der Waals surface area contributed by atoms with Crippen LogP contribution in [0.2, 0.25) is 0 Å². The van der Waals surface area contributed by atoms with Crippen molar-refractivity contribution in [1.29, 1.82) is 0 Å². The van der Waals surface area contributed by atoms with Crippen molar-refractivity contribution in [2.24, 2.45) is 0 Å². The van der Waals surface area contributed by atoms with Crippen molar-refractivity contribution in [2.75, 3.05) is 19.8 Å². The molecule has 0 bridgehead atoms. The first-order valence-electron chi connectivity index (χ1n) is 3.95. The molecule has 0 aliphatic carbocycles. The maximum Gasteiger partial charge on any atom is 0.508 e. The summed E-state index contributed by atoms with van der Waals surface area (Å²) in [5, 5.41) is 2.48. The molecule has 13 heavy (non-hydrogen) atoms. The summed E-state index contributed by atoms with van der Waals surface area (Å²) >= 11 is 0. The lowest BCUT2D eigenvalue weighted by Gasteiger charge is -2.22. The van der Waals surface area contributed by atoms with Crippen LogP contribution in [0.15, 0.2) is 0 Å². The van der Waals surface area contributed by atoms with Gasteiger partial charge in [-0.1, -0.05) is 0 Å². The molecule has 0 spiro atoms. The van der Waals surface area contributed by atoms with E-state index in [9.17, 15) is 9.59 Å². The Morgan fingerprint density at radius 1 is 1.62 bits per heavy atom. The number of nitrogens with one attached hydrogen (secondary N) is 1. The third-order valence-electron chi connectivity index (χ3n) is 1.40. The molecule has 0 unspecified atom stereocenters. The minimum Gasteiger partial charge on any atom is -0.450 e. The number of carbonyl (C=O) groups excluding carboxylic acids is 2. The highest BCUT2D eigenvalue weighted by Crippen LogP contribution is 1.99. The number of cyclic esters (lactones) is 2. The first-order valence-corrected chi connectivity index (χ1v) is 3.95. The summed E-state index contributed by atoms with van der Waals surface area (Å²) < 4.78 is 13.7. The molecule has 0 aromatic heterocycles. The molecule has 6 nitrogen and oxygen atoms in total. The molecule has 0 atom stereocenters. The van der Waals surface area contributed by atoms with E-state index < -0.39 is 12.2 Å². The lowest BCUT2D eigenvalue weighted by atomic mass is 10.3. The van der Waals surface area contributed by atoms with Crippen molar-refractivity contribution in [3.63, 3.8) is 0 Å². The van der Waals surface area contributed by atoms with E-state index in [0.29, 0.717) is 6.61 Å². The third-order valence-corrected chi connectivity index (χ3v) is 1.40. The predicted octanol–water partition coefficient (Wildman–Crippen LogP) is 0.268. The van der Waals surface area contributed by atoms with Gasteiger partial charge >= 0.3 is 12.2 Å². The monoisotopic (exact) mass is 189 g/mol. The van der Waals surface area contributed by atoms with Crippen molar-refractivity contribution >= 4 is 12.2 Å². The minimum atomic E-state index is -0.707. The van der Waals surface area contributed by atoms with E-state index in [4.69, 9.17) is 0 Å². The number of hydrogen-bond acceptors (Lipinski definition) is 5. The molecule has 1 rings (SSSR count). The van der Waals surface area contributed by atoms with Crippen molar-refractivity contribution in [1.82, 2.24) is 5.32 Å². The lowest BCUT2D eigenvalue weighted by molar-refractivity contribution is 0.000522. The average molecular weight is 189 g/mol. The van der Waals surface area contributed by atoms with E-state index in [0.717, 1.165) is 0 Å². The Balaban J connectivity index is 2.22. The average Bonchev–Trinajstić information content (AvgIpc) is 2.09. The minimum absolute atomic E-state index is 0.123. The molecule has 0 radical (unpaired) electrons. The lowest BCUT2D eigenvalue weighted by Crippen LogP contribution is -2.45. The van der Waals surface area contributed by atoms with E-state index in [-0.39, 0.29) is 19.3 Å². The highest BCUT2D eigenvalue weighted by molar-refractivity contribution is 5.68. The zero-order valence-electron chi connectivity index (χ0n) is 7.24. The maximum absolute atomic E-state index is 10.9. The molecule has 1 aliphatic rings. The fourth-order valence-electron chi connectivity index (χ4n) is 0.850. The molecule has 0 aromatic rings. The number of rotatable bonds is 2. The summed E-state index contributed by atoms with van der Waals surface area (Å²) in [6.45, 7) is 2.26. The molecule has 1 aliphatic heterocycles. The van der Waals surface area contributed by atoms with Crippen LogP contribution in [0.25, 0.3) is 0 Å². The predicted molar refractivity (Wildman–Crippen MR) is 41.2 cm³/mol. The van der Waals surface area contributed by atoms with Crippen LogP contribution in [0.3, 0.4) is 0 Å². The molecular formula is C7H11NO5. The fourth-order valence-corrected chi connectivity index (χ4v) is 0.850. The zero-order chi connectivity index (χ0) is 9.68. The highest BCUT2D eigenvalue weighted by Gasteiger charge is 2.22. The smallest absolute Gasteiger partial charge is 0.450 e. The first kappa shape index (κ1) is 9.63. The molecule has 6 heteroatoms. The van der Waals surface area contributed by atoms with Gasteiger partial charge in [0.25, 0.3) is 0 Å². The first-order chi connectivity index (χ1) is 6.22. The standard InChI is InChI=1S/C7H11NO5/c1-2-11-6(9)8-5-3-12-7(10)13-4-5/h5H,2-4H2,1H3,(H,8,9). The van der Waals surface area contributed by atoms with Gasteiger partial charge in [0, 0.05) is 0 Å². The van der Waals surface area contributed by atoms with E-state index in [2.05, 4.69) is 19.5 Å². The van der Waals surface area contributed by atoms with Crippen LogP contribution >= 0.6 is 0 Å². The second-order valence-electron chi connectivity index (χ2n) is 2.43. The molecule has 1 amide bonds. The number of ether oxygens (including phenoxy) is 3. The van der Waals surface area contributed by atoms with Crippen molar-refractivity contribution in [3.8, 4) is 0 Å². The Hall–Kier alpha value is -1.46. The molecule has 1 saturated heterocycles. The molecule has 1 N–H and O–H groups in total. The Bertz CT molecular complexity index is 195. The summed E-state index contributed by atoms with van der Waals surface area (Å²) in [5.41, 5.74) is 0. The number of carbonyl (C=O) groups is 2. The van der Waals surface area contributed by atoms with E-state index >= 15 is 0 Å². The summed E-state index contributed by atoms with van der Waals surface area (Å²) in [6, 6.07) is -0.322. The normalized spacial score (nSPS) is 17.2. The Morgan fingerprint density at radius 2 is 2.23 bits per heavy atom. The van der Waals surface area contributed by atoms with E-state index in [1.54, 1.807) is 6.92 Å². The van der Waals surface area contributed by atoms with E-state index in [1.165, 1.54) is 0 Å². The summed E-state index contributed by atoms with van der Waals surface area (Å²) in [4.78, 5) is 21.3. The molecular weight excluding hydrogens is 178 g/mol. The third kappa shape index (κ3) is 3.18. The van der Waals surface area contributed by atoms with Gasteiger partial charge in [-0.05, 0) is 6.92 Å².